The van der Waals surface area contributed by atoms with Crippen LogP contribution in [0.5, 0.6) is 0 Å². The second-order valence-corrected chi connectivity index (χ2v) is 8.47. The Bertz CT molecular complexity index is 539. The second kappa shape index (κ2) is 4.67. The van der Waals surface area contributed by atoms with Crippen LogP contribution < -0.4 is 0 Å². The summed E-state index contributed by atoms with van der Waals surface area (Å²) >= 11 is 0. The molecule has 3 saturated carbocycles. The van der Waals surface area contributed by atoms with Gasteiger partial charge in [-0.15, -0.1) is 0 Å². The van der Waals surface area contributed by atoms with Gasteiger partial charge in [-0.05, 0) is 50.9 Å². The minimum Gasteiger partial charge on any atom is -0.395 e. The average molecular weight is 304 g/mol. The minimum absolute atomic E-state index is 0.0781. The Kier molecular flexibility index (Phi) is 3.16. The van der Waals surface area contributed by atoms with Crippen molar-refractivity contribution in [2.45, 2.75) is 70.3 Å². The van der Waals surface area contributed by atoms with Gasteiger partial charge in [-0.1, -0.05) is 25.0 Å². The summed E-state index contributed by atoms with van der Waals surface area (Å²) in [5.74, 6) is 0.560. The van der Waals surface area contributed by atoms with Gasteiger partial charge in [0.25, 0.3) is 0 Å². The predicted octanol–water partition coefficient (Wildman–Crippen LogP) is 3.00. The van der Waals surface area contributed by atoms with Gasteiger partial charge in [-0.2, -0.15) is 0 Å². The third kappa shape index (κ3) is 1.62. The SMILES string of the molecule is C[C@]12CC[C@@H]3[C@@]4(CO)CCCCC4=CC[C@@]3(O)[C@@H]1CCC2=O. The van der Waals surface area contributed by atoms with Crippen molar-refractivity contribution in [3.63, 3.8) is 0 Å². The first-order chi connectivity index (χ1) is 10.5. The smallest absolute Gasteiger partial charge is 0.139 e. The van der Waals surface area contributed by atoms with Gasteiger partial charge >= 0.3 is 0 Å². The lowest BCUT2D eigenvalue weighted by Crippen LogP contribution is -2.62. The monoisotopic (exact) mass is 304 g/mol. The highest BCUT2D eigenvalue weighted by molar-refractivity contribution is 5.87. The van der Waals surface area contributed by atoms with Crippen molar-refractivity contribution in [1.82, 2.24) is 0 Å². The van der Waals surface area contributed by atoms with Gasteiger partial charge < -0.3 is 10.2 Å². The first-order valence-electron chi connectivity index (χ1n) is 9.03. The van der Waals surface area contributed by atoms with Crippen molar-refractivity contribution in [2.75, 3.05) is 6.61 Å². The Morgan fingerprint density at radius 2 is 2.00 bits per heavy atom. The largest absolute Gasteiger partial charge is 0.395 e. The van der Waals surface area contributed by atoms with Gasteiger partial charge in [-0.25, -0.2) is 0 Å². The number of aliphatic hydroxyl groups excluding tert-OH is 1. The van der Waals surface area contributed by atoms with Crippen molar-refractivity contribution in [1.29, 1.82) is 0 Å². The molecule has 0 aliphatic heterocycles. The lowest BCUT2D eigenvalue weighted by molar-refractivity contribution is -0.183. The van der Waals surface area contributed by atoms with E-state index in [0.29, 0.717) is 18.6 Å². The van der Waals surface area contributed by atoms with Gasteiger partial charge in [0.05, 0.1) is 12.2 Å². The van der Waals surface area contributed by atoms with Gasteiger partial charge in [-0.3, -0.25) is 4.79 Å². The third-order valence-corrected chi connectivity index (χ3v) is 7.81. The van der Waals surface area contributed by atoms with E-state index in [2.05, 4.69) is 13.0 Å². The fraction of sp³-hybridized carbons (Fsp3) is 0.842. The lowest BCUT2D eigenvalue weighted by atomic mass is 9.46. The number of hydrogen-bond acceptors (Lipinski definition) is 3. The second-order valence-electron chi connectivity index (χ2n) is 8.47. The summed E-state index contributed by atoms with van der Waals surface area (Å²) in [4.78, 5) is 12.4. The zero-order valence-electron chi connectivity index (χ0n) is 13.6. The summed E-state index contributed by atoms with van der Waals surface area (Å²) in [5.41, 5.74) is 0.0620. The highest BCUT2D eigenvalue weighted by Gasteiger charge is 2.65. The number of carbonyl (C=O) groups excluding carboxylic acids is 1. The van der Waals surface area contributed by atoms with Crippen LogP contribution in [0.25, 0.3) is 0 Å². The lowest BCUT2D eigenvalue weighted by Gasteiger charge is -2.61. The van der Waals surface area contributed by atoms with Gasteiger partial charge in [0, 0.05) is 23.2 Å². The molecule has 0 aromatic heterocycles. The molecule has 4 aliphatic rings. The normalized spacial score (nSPS) is 50.9. The van der Waals surface area contributed by atoms with E-state index in [1.807, 2.05) is 0 Å². The molecule has 4 aliphatic carbocycles. The molecule has 0 heterocycles. The third-order valence-electron chi connectivity index (χ3n) is 7.81. The molecule has 5 atom stereocenters. The number of ketones is 1. The quantitative estimate of drug-likeness (QED) is 0.732. The van der Waals surface area contributed by atoms with Gasteiger partial charge in [0.15, 0.2) is 0 Å². The molecular weight excluding hydrogens is 276 g/mol. The Labute approximate surface area is 132 Å². The van der Waals surface area contributed by atoms with E-state index in [4.69, 9.17) is 0 Å². The Morgan fingerprint density at radius 3 is 2.77 bits per heavy atom. The molecule has 0 saturated heterocycles. The molecule has 122 valence electrons. The molecule has 0 bridgehead atoms. The maximum Gasteiger partial charge on any atom is 0.139 e. The predicted molar refractivity (Wildman–Crippen MR) is 84.2 cm³/mol. The van der Waals surface area contributed by atoms with Gasteiger partial charge in [0.1, 0.15) is 5.78 Å². The molecule has 3 nitrogen and oxygen atoms in total. The molecule has 3 fully saturated rings. The van der Waals surface area contributed by atoms with E-state index in [9.17, 15) is 15.0 Å². The van der Waals surface area contributed by atoms with Crippen LogP contribution in [-0.2, 0) is 4.79 Å². The van der Waals surface area contributed by atoms with Crippen LogP contribution in [-0.4, -0.2) is 28.2 Å². The van der Waals surface area contributed by atoms with E-state index < -0.39 is 5.60 Å². The van der Waals surface area contributed by atoms with Crippen LogP contribution in [0.2, 0.25) is 0 Å². The molecule has 0 radical (unpaired) electrons. The van der Waals surface area contributed by atoms with Crippen LogP contribution >= 0.6 is 0 Å². The van der Waals surface area contributed by atoms with Crippen LogP contribution in [0.3, 0.4) is 0 Å². The number of carbonyl (C=O) groups is 1. The Hall–Kier alpha value is -0.670. The molecule has 0 unspecified atom stereocenters. The molecular formula is C19H28O3. The van der Waals surface area contributed by atoms with Crippen LogP contribution in [0.4, 0.5) is 0 Å². The van der Waals surface area contributed by atoms with Crippen molar-refractivity contribution in [3.05, 3.63) is 11.6 Å². The van der Waals surface area contributed by atoms with Crippen LogP contribution in [0, 0.1) is 22.7 Å². The number of hydrogen-bond donors (Lipinski definition) is 2. The number of rotatable bonds is 1. The highest BCUT2D eigenvalue weighted by atomic mass is 16.3. The van der Waals surface area contributed by atoms with Crippen LogP contribution in [0.15, 0.2) is 11.6 Å². The fourth-order valence-corrected chi connectivity index (χ4v) is 6.61. The maximum absolute atomic E-state index is 12.4. The number of aliphatic hydroxyl groups is 2. The first kappa shape index (κ1) is 14.9. The summed E-state index contributed by atoms with van der Waals surface area (Å²) in [6, 6.07) is 0. The van der Waals surface area contributed by atoms with Gasteiger partial charge in [0.2, 0.25) is 0 Å². The zero-order chi connectivity index (χ0) is 15.6. The molecule has 4 rings (SSSR count). The molecule has 0 spiro atoms. The molecule has 0 aromatic rings. The Morgan fingerprint density at radius 1 is 1.18 bits per heavy atom. The van der Waals surface area contributed by atoms with E-state index in [0.717, 1.165) is 38.5 Å². The maximum atomic E-state index is 12.4. The summed E-state index contributed by atoms with van der Waals surface area (Å²) in [7, 11) is 0. The van der Waals surface area contributed by atoms with E-state index in [1.54, 1.807) is 0 Å². The molecule has 0 aromatic carbocycles. The van der Waals surface area contributed by atoms with Crippen LogP contribution in [0.1, 0.15) is 64.7 Å². The topological polar surface area (TPSA) is 57.5 Å². The molecule has 3 heteroatoms. The van der Waals surface area contributed by atoms with Crippen molar-refractivity contribution in [3.8, 4) is 0 Å². The fourth-order valence-electron chi connectivity index (χ4n) is 6.61. The van der Waals surface area contributed by atoms with E-state index in [1.165, 1.54) is 12.0 Å². The first-order valence-corrected chi connectivity index (χ1v) is 9.03. The van der Waals surface area contributed by atoms with Crippen molar-refractivity contribution < 1.29 is 15.0 Å². The summed E-state index contributed by atoms with van der Waals surface area (Å²) < 4.78 is 0. The summed E-state index contributed by atoms with van der Waals surface area (Å²) in [5, 5.41) is 21.9. The average Bonchev–Trinajstić information content (AvgIpc) is 2.83. The van der Waals surface area contributed by atoms with Crippen molar-refractivity contribution >= 4 is 5.78 Å². The summed E-state index contributed by atoms with van der Waals surface area (Å²) in [6.07, 6.45) is 10.6. The van der Waals surface area contributed by atoms with Crippen molar-refractivity contribution in [2.24, 2.45) is 22.7 Å². The number of fused-ring (bicyclic) bond motifs is 5. The molecule has 2 N–H and O–H groups in total. The zero-order valence-corrected chi connectivity index (χ0v) is 13.6. The number of Topliss-reactive ketones (excluding diaryl/α,β-unsaturated/α-hetero) is 1. The standard InChI is InChI=1S/C19H28O3/c1-17-10-8-15-18(12-20)9-3-2-4-13(18)7-11-19(15,22)14(17)5-6-16(17)21/h7,14-15,20,22H,2-6,8-12H2,1H3/t14-,15-,17+,18-,19-/m1/s1. The Balaban J connectivity index is 1.80. The summed E-state index contributed by atoms with van der Waals surface area (Å²) in [6.45, 7) is 2.23. The van der Waals surface area contributed by atoms with E-state index >= 15 is 0 Å². The highest BCUT2D eigenvalue weighted by Crippen LogP contribution is 2.65. The molecule has 0 amide bonds. The minimum atomic E-state index is -0.789. The molecule has 22 heavy (non-hydrogen) atoms. The van der Waals surface area contributed by atoms with E-state index in [-0.39, 0.29) is 29.3 Å².